The topological polar surface area (TPSA) is 163 Å². The molecule has 1 saturated carbocycles. The van der Waals surface area contributed by atoms with E-state index in [0.29, 0.717) is 66.8 Å². The van der Waals surface area contributed by atoms with Gasteiger partial charge in [0.1, 0.15) is 23.9 Å². The van der Waals surface area contributed by atoms with Crippen molar-refractivity contribution in [2.75, 3.05) is 58.5 Å². The number of alkyl halides is 1. The molecule has 5 fully saturated rings. The Labute approximate surface area is 401 Å². The van der Waals surface area contributed by atoms with E-state index in [1.165, 1.54) is 30.4 Å². The van der Waals surface area contributed by atoms with Crippen molar-refractivity contribution in [3.05, 3.63) is 89.1 Å². The number of fused-ring (bicyclic) bond motifs is 2. The Kier molecular flexibility index (Phi) is 14.3. The number of halogens is 1. The minimum Gasteiger partial charge on any atom is -0.465 e. The van der Waals surface area contributed by atoms with Crippen LogP contribution in [0.1, 0.15) is 104 Å². The van der Waals surface area contributed by atoms with Crippen LogP contribution in [0.3, 0.4) is 0 Å². The smallest absolute Gasteiger partial charge is 0.355 e. The van der Waals surface area contributed by atoms with Gasteiger partial charge in [0.25, 0.3) is 5.91 Å². The second-order valence-electron chi connectivity index (χ2n) is 19.3. The number of likely N-dealkylation sites (tertiary alicyclic amines) is 1. The number of hydrogen-bond acceptors (Lipinski definition) is 12. The lowest BCUT2D eigenvalue weighted by Crippen LogP contribution is -2.59. The number of carbonyl (C=O) groups excluding carboxylic acids is 4. The van der Waals surface area contributed by atoms with Crippen LogP contribution in [0.25, 0.3) is 10.1 Å². The molecule has 6 heterocycles. The first-order valence-electron chi connectivity index (χ1n) is 24.1. The molecule has 15 nitrogen and oxygen atoms in total. The Morgan fingerprint density at radius 3 is 2.53 bits per heavy atom. The Balaban J connectivity index is 0.953. The highest BCUT2D eigenvalue weighted by molar-refractivity contribution is 7.57. The summed E-state index contributed by atoms with van der Waals surface area (Å²) in [6, 6.07) is 13.9. The van der Waals surface area contributed by atoms with E-state index in [4.69, 9.17) is 14.0 Å². The second kappa shape index (κ2) is 20.2. The number of aromatic nitrogens is 1. The van der Waals surface area contributed by atoms with Crippen LogP contribution in [0.4, 0.5) is 10.1 Å². The van der Waals surface area contributed by atoms with Crippen molar-refractivity contribution >= 4 is 58.3 Å². The maximum atomic E-state index is 16.7. The first-order chi connectivity index (χ1) is 32.8. The van der Waals surface area contributed by atoms with Gasteiger partial charge >= 0.3 is 13.5 Å². The van der Waals surface area contributed by atoms with Gasteiger partial charge in [-0.1, -0.05) is 31.2 Å². The zero-order chi connectivity index (χ0) is 47.7. The highest BCUT2D eigenvalue weighted by Crippen LogP contribution is 2.58. The number of pyridine rings is 1. The number of nitrogens with zero attached hydrogens (tertiary/aromatic N) is 5. The van der Waals surface area contributed by atoms with Crippen molar-refractivity contribution in [1.29, 1.82) is 0 Å². The van der Waals surface area contributed by atoms with Crippen molar-refractivity contribution in [2.24, 2.45) is 0 Å². The van der Waals surface area contributed by atoms with E-state index in [9.17, 15) is 18.9 Å². The number of carbonyl (C=O) groups is 4. The molecule has 68 heavy (non-hydrogen) atoms. The van der Waals surface area contributed by atoms with Gasteiger partial charge in [0.15, 0.2) is 0 Å². The van der Waals surface area contributed by atoms with Gasteiger partial charge in [0.05, 0.1) is 24.7 Å². The molecule has 364 valence electrons. The van der Waals surface area contributed by atoms with Gasteiger partial charge in [-0.2, -0.15) is 0 Å². The Morgan fingerprint density at radius 1 is 1.03 bits per heavy atom. The monoisotopic (exact) mass is 971 g/mol. The quantitative estimate of drug-likeness (QED) is 0.0897. The molecule has 2 aromatic heterocycles. The first kappa shape index (κ1) is 48.1. The zero-order valence-corrected chi connectivity index (χ0v) is 41.0. The van der Waals surface area contributed by atoms with Crippen LogP contribution in [0.2, 0.25) is 0 Å². The van der Waals surface area contributed by atoms with Crippen molar-refractivity contribution in [2.45, 2.75) is 119 Å². The van der Waals surface area contributed by atoms with E-state index >= 15 is 9.18 Å². The number of thiophene rings is 1. The maximum Gasteiger partial charge on any atom is 0.355 e. The van der Waals surface area contributed by atoms with Crippen LogP contribution in [-0.2, 0) is 28.4 Å². The van der Waals surface area contributed by atoms with Crippen molar-refractivity contribution in [3.63, 3.8) is 0 Å². The predicted molar refractivity (Wildman–Crippen MR) is 259 cm³/mol. The average molecular weight is 972 g/mol. The number of amides is 3. The van der Waals surface area contributed by atoms with Gasteiger partial charge in [-0.3, -0.25) is 33.6 Å². The molecule has 2 aromatic carbocycles. The number of morpholine rings is 1. The lowest BCUT2D eigenvalue weighted by molar-refractivity contribution is -0.148. The molecule has 2 N–H and O–H groups in total. The summed E-state index contributed by atoms with van der Waals surface area (Å²) >= 11 is 1.20. The van der Waals surface area contributed by atoms with Crippen LogP contribution in [0, 0.1) is 0 Å². The minimum atomic E-state index is -4.47. The number of para-hydroxylation sites is 1. The summed E-state index contributed by atoms with van der Waals surface area (Å²) in [6.07, 6.45) is 10.2. The minimum absolute atomic E-state index is 0.00371. The van der Waals surface area contributed by atoms with Crippen LogP contribution >= 0.6 is 18.9 Å². The van der Waals surface area contributed by atoms with Crippen LogP contribution in [0.15, 0.2) is 73.1 Å². The zero-order valence-electron chi connectivity index (χ0n) is 39.3. The molecule has 1 aliphatic carbocycles. The van der Waals surface area contributed by atoms with Gasteiger partial charge in [-0.05, 0) is 118 Å². The third-order valence-corrected chi connectivity index (χ3v) is 17.7. The molecule has 4 aliphatic heterocycles. The number of nitrogens with one attached hydrogen (secondary N) is 2. The lowest BCUT2D eigenvalue weighted by atomic mass is 9.93. The highest BCUT2D eigenvalue weighted by Gasteiger charge is 2.59. The fraction of sp³-hybridized carbons (Fsp3) is 0.540. The molecular weight excluding hydrogens is 909 g/mol. The molecule has 5 aliphatic rings. The maximum absolute atomic E-state index is 16.7. The predicted octanol–water partition coefficient (Wildman–Crippen LogP) is 7.43. The molecule has 18 heteroatoms. The number of rotatable bonds is 15. The summed E-state index contributed by atoms with van der Waals surface area (Å²) in [7, 11) is -0.429. The third kappa shape index (κ3) is 9.92. The van der Waals surface area contributed by atoms with E-state index in [1.807, 2.05) is 38.2 Å². The van der Waals surface area contributed by atoms with Crippen LogP contribution in [-0.4, -0.2) is 133 Å². The molecule has 4 aromatic rings. The standard InChI is InChI=1S/C50H63FN7O8PS/c1-5-23-65-49(62)32(2)54-67(63,66-38-9-7-6-8-10-38)45(51)33-11-16-43-34(26-33)27-44(68-43)46(59)53-40-14-12-36(56-21-24-64-25-22-56)28-37-13-15-42(58(37)47(40)60)48(61)57-31-35(29-50(57)18-19-50)39-30-52-20-17-41(39)55(3)4/h6-11,16-17,20,26-27,30,32,35-37,40,42,45H,5,12-15,18-19,21-25,28-29,31H2,1-4H3,(H,53,59)(H,54,63)/t32-,35-,36-,37+,40-,42-,45+,67-/m0/s1. The first-order valence-corrected chi connectivity index (χ1v) is 26.6. The van der Waals surface area contributed by atoms with E-state index < -0.39 is 43.4 Å². The van der Waals surface area contributed by atoms with Gasteiger partial charge in [-0.15, -0.1) is 11.3 Å². The molecule has 4 saturated heterocycles. The average Bonchev–Trinajstić information content (AvgIpc) is 3.61. The van der Waals surface area contributed by atoms with E-state index in [0.717, 1.165) is 50.0 Å². The van der Waals surface area contributed by atoms with E-state index in [1.54, 1.807) is 48.7 Å². The largest absolute Gasteiger partial charge is 0.465 e. The lowest BCUT2D eigenvalue weighted by Gasteiger charge is -2.42. The van der Waals surface area contributed by atoms with Crippen LogP contribution in [0.5, 0.6) is 5.75 Å². The van der Waals surface area contributed by atoms with Crippen molar-refractivity contribution in [1.82, 2.24) is 30.1 Å². The number of esters is 1. The van der Waals surface area contributed by atoms with Crippen molar-refractivity contribution < 1.29 is 42.1 Å². The molecule has 0 unspecified atom stereocenters. The van der Waals surface area contributed by atoms with E-state index in [2.05, 4.69) is 30.1 Å². The summed E-state index contributed by atoms with van der Waals surface area (Å²) in [4.78, 5) is 70.3. The Hall–Kier alpha value is -4.93. The van der Waals surface area contributed by atoms with Gasteiger partial charge in [0, 0.05) is 80.1 Å². The summed E-state index contributed by atoms with van der Waals surface area (Å²) in [5, 5.41) is 6.25. The Morgan fingerprint density at radius 2 is 1.79 bits per heavy atom. The number of anilines is 1. The van der Waals surface area contributed by atoms with E-state index in [-0.39, 0.29) is 53.3 Å². The number of benzene rings is 2. The third-order valence-electron chi connectivity index (χ3n) is 14.5. The van der Waals surface area contributed by atoms with Gasteiger partial charge in [0.2, 0.25) is 17.7 Å². The Bertz CT molecular complexity index is 2540. The molecular formula is C50H63FN7O8PS. The molecule has 9 rings (SSSR count). The number of ether oxygens (including phenoxy) is 2. The number of hydrogen-bond donors (Lipinski definition) is 2. The van der Waals surface area contributed by atoms with Crippen LogP contribution < -0.4 is 19.8 Å². The van der Waals surface area contributed by atoms with Gasteiger partial charge < -0.3 is 34.0 Å². The van der Waals surface area contributed by atoms with Gasteiger partial charge in [-0.25, -0.2) is 9.48 Å². The summed E-state index contributed by atoms with van der Waals surface area (Å²) in [5.41, 5.74) is 2.03. The summed E-state index contributed by atoms with van der Waals surface area (Å²) < 4.78 is 48.6. The normalized spacial score (nSPS) is 25.5. The molecule has 1 spiro atoms. The molecule has 8 atom stereocenters. The SMILES string of the molecule is CCCOC(=O)[C@H](C)N[P@@](=O)(Oc1ccccc1)[C@@H](F)c1ccc2sc(C(=O)N[C@H]3CC[C@H](N4CCOCC4)C[C@H]4CC[C@@H](C(=O)N5C[C@@H](c6cnccc6N(C)C)CC56CC6)N4C3=O)cc2c1. The summed E-state index contributed by atoms with van der Waals surface area (Å²) in [6.45, 7) is 6.85. The molecule has 0 radical (unpaired) electrons. The highest BCUT2D eigenvalue weighted by atomic mass is 32.1. The molecule has 3 amide bonds. The fourth-order valence-electron chi connectivity index (χ4n) is 10.9. The van der Waals surface area contributed by atoms with Crippen molar-refractivity contribution in [3.8, 4) is 5.75 Å². The summed E-state index contributed by atoms with van der Waals surface area (Å²) in [5.74, 6) is -3.29. The molecule has 0 bridgehead atoms. The fourth-order valence-corrected chi connectivity index (χ4v) is 13.7. The second-order valence-corrected chi connectivity index (χ2v) is 22.5.